The molecule has 2 atom stereocenters. The normalized spacial score (nSPS) is 10.3. The van der Waals surface area contributed by atoms with Crippen LogP contribution in [-0.2, 0) is 10.0 Å². The Labute approximate surface area is 64.6 Å². The summed E-state index contributed by atoms with van der Waals surface area (Å²) in [6.07, 6.45) is 1.01. The first kappa shape index (κ1) is 10.1. The number of hydrogen-bond donors (Lipinski definition) is 2. The van der Waals surface area contributed by atoms with E-state index >= 15 is 0 Å². The molecule has 60 valence electrons. The highest BCUT2D eigenvalue weighted by molar-refractivity contribution is 7.89. The number of nitrogens with zero attached hydrogens (tertiary/aromatic N) is 1. The lowest BCUT2D eigenvalue weighted by Gasteiger charge is -2.00. The van der Waals surface area contributed by atoms with E-state index in [1.165, 1.54) is 0 Å². The molecule has 0 rings (SSSR count). The van der Waals surface area contributed by atoms with Gasteiger partial charge in [-0.25, -0.2) is 8.42 Å². The molecule has 0 aromatic carbocycles. The van der Waals surface area contributed by atoms with Crippen LogP contribution in [0.2, 0.25) is 0 Å². The molecule has 0 aliphatic rings. The standard InChI is InChI=1S/C2H9N3O2P2S/c1-10(6,7)5-2(3-8)4-9/h8-9H2,1H3,(H2,3,4,5). The van der Waals surface area contributed by atoms with Gasteiger partial charge in [-0.05, 0) is 18.8 Å². The summed E-state index contributed by atoms with van der Waals surface area (Å²) in [6, 6.07) is 0. The number of hydrogen-bond acceptors (Lipinski definition) is 2. The molecular formula is C2H9N3O2P2S. The molecule has 2 unspecified atom stereocenters. The van der Waals surface area contributed by atoms with Crippen LogP contribution < -0.4 is 10.2 Å². The highest BCUT2D eigenvalue weighted by Crippen LogP contribution is 1.86. The van der Waals surface area contributed by atoms with Crippen LogP contribution in [0.5, 0.6) is 0 Å². The van der Waals surface area contributed by atoms with Crippen molar-refractivity contribution >= 4 is 34.8 Å². The van der Waals surface area contributed by atoms with E-state index in [2.05, 4.69) is 33.4 Å². The average molecular weight is 201 g/mol. The maximum atomic E-state index is 10.5. The minimum atomic E-state index is -3.31. The van der Waals surface area contributed by atoms with E-state index in [1.54, 1.807) is 0 Å². The van der Waals surface area contributed by atoms with Gasteiger partial charge in [0.25, 0.3) is 10.0 Å². The minimum Gasteiger partial charge on any atom is -0.340 e. The van der Waals surface area contributed by atoms with Crippen LogP contribution in [-0.4, -0.2) is 20.6 Å². The Hall–Kier alpha value is 0.0800. The Morgan fingerprint density at radius 1 is 1.40 bits per heavy atom. The van der Waals surface area contributed by atoms with Crippen LogP contribution in [0.1, 0.15) is 0 Å². The topological polar surface area (TPSA) is 70.6 Å². The lowest BCUT2D eigenvalue weighted by molar-refractivity contribution is 0.603. The molecule has 0 aromatic heterocycles. The molecule has 0 aliphatic carbocycles. The number of sulfonamides is 1. The van der Waals surface area contributed by atoms with E-state index in [1.807, 2.05) is 0 Å². The van der Waals surface area contributed by atoms with Crippen molar-refractivity contribution in [1.29, 1.82) is 0 Å². The Kier molecular flexibility index (Phi) is 4.09. The van der Waals surface area contributed by atoms with Crippen LogP contribution in [0.3, 0.4) is 0 Å². The van der Waals surface area contributed by atoms with E-state index in [9.17, 15) is 8.42 Å². The van der Waals surface area contributed by atoms with Gasteiger partial charge in [0.1, 0.15) is 0 Å². The van der Waals surface area contributed by atoms with Crippen molar-refractivity contribution in [3.8, 4) is 0 Å². The van der Waals surface area contributed by atoms with Gasteiger partial charge in [0.2, 0.25) is 5.96 Å². The summed E-state index contributed by atoms with van der Waals surface area (Å²) >= 11 is 0. The van der Waals surface area contributed by atoms with E-state index in [0.717, 1.165) is 6.26 Å². The van der Waals surface area contributed by atoms with Gasteiger partial charge in [-0.3, -0.25) is 0 Å². The zero-order valence-corrected chi connectivity index (χ0v) is 8.45. The second-order valence-corrected chi connectivity index (χ2v) is 3.69. The first-order valence-electron chi connectivity index (χ1n) is 2.23. The smallest absolute Gasteiger partial charge is 0.253 e. The van der Waals surface area contributed by atoms with Gasteiger partial charge in [-0.15, -0.1) is 4.40 Å². The molecule has 0 aromatic rings. The van der Waals surface area contributed by atoms with Crippen molar-refractivity contribution in [2.24, 2.45) is 4.40 Å². The van der Waals surface area contributed by atoms with Crippen molar-refractivity contribution in [2.75, 3.05) is 6.26 Å². The second-order valence-electron chi connectivity index (χ2n) is 1.46. The summed E-state index contributed by atoms with van der Waals surface area (Å²) in [5.74, 6) is 0.164. The van der Waals surface area contributed by atoms with Crippen LogP contribution in [0.25, 0.3) is 0 Å². The van der Waals surface area contributed by atoms with Gasteiger partial charge >= 0.3 is 0 Å². The van der Waals surface area contributed by atoms with Crippen LogP contribution in [0.15, 0.2) is 4.40 Å². The predicted molar refractivity (Wildman–Crippen MR) is 48.0 cm³/mol. The fraction of sp³-hybridized carbons (Fsp3) is 0.500. The quantitative estimate of drug-likeness (QED) is 0.326. The number of nitrogens with one attached hydrogen (secondary N) is 2. The van der Waals surface area contributed by atoms with E-state index in [0.29, 0.717) is 0 Å². The summed E-state index contributed by atoms with van der Waals surface area (Å²) in [7, 11) is 0.929. The van der Waals surface area contributed by atoms with Crippen LogP contribution >= 0.6 is 18.8 Å². The van der Waals surface area contributed by atoms with E-state index < -0.39 is 10.0 Å². The third-order valence-electron chi connectivity index (χ3n) is 0.531. The summed E-state index contributed by atoms with van der Waals surface area (Å²) in [5.41, 5.74) is 0. The Morgan fingerprint density at radius 2 is 1.80 bits per heavy atom. The summed E-state index contributed by atoms with van der Waals surface area (Å²) in [6.45, 7) is 0. The molecule has 0 bridgehead atoms. The lowest BCUT2D eigenvalue weighted by Crippen LogP contribution is -2.24. The van der Waals surface area contributed by atoms with Crippen molar-refractivity contribution in [2.45, 2.75) is 0 Å². The van der Waals surface area contributed by atoms with Crippen molar-refractivity contribution in [3.63, 3.8) is 0 Å². The van der Waals surface area contributed by atoms with Gasteiger partial charge in [-0.2, -0.15) is 0 Å². The molecule has 0 radical (unpaired) electrons. The monoisotopic (exact) mass is 201 g/mol. The zero-order valence-electron chi connectivity index (χ0n) is 5.33. The lowest BCUT2D eigenvalue weighted by atomic mass is 11.1. The maximum absolute atomic E-state index is 10.5. The molecule has 0 saturated carbocycles. The summed E-state index contributed by atoms with van der Waals surface area (Å²) < 4.78 is 24.2. The molecule has 0 aliphatic heterocycles. The minimum absolute atomic E-state index is 0.164. The number of guanidine groups is 1. The Bertz CT molecular complexity index is 217. The fourth-order valence-electron chi connectivity index (χ4n) is 0.260. The van der Waals surface area contributed by atoms with Crippen LogP contribution in [0.4, 0.5) is 0 Å². The third-order valence-corrected chi connectivity index (χ3v) is 1.59. The molecule has 8 heteroatoms. The van der Waals surface area contributed by atoms with Gasteiger partial charge < -0.3 is 10.2 Å². The van der Waals surface area contributed by atoms with Gasteiger partial charge in [0, 0.05) is 0 Å². The van der Waals surface area contributed by atoms with Gasteiger partial charge in [0.05, 0.1) is 6.26 Å². The molecular weight excluding hydrogens is 192 g/mol. The SMILES string of the molecule is CS(=O)(=O)N=C(NP)NP. The largest absolute Gasteiger partial charge is 0.340 e. The summed E-state index contributed by atoms with van der Waals surface area (Å²) in [4.78, 5) is 0. The highest BCUT2D eigenvalue weighted by Gasteiger charge is 1.98. The van der Waals surface area contributed by atoms with Crippen molar-refractivity contribution in [3.05, 3.63) is 0 Å². The third kappa shape index (κ3) is 4.91. The van der Waals surface area contributed by atoms with Crippen molar-refractivity contribution in [1.82, 2.24) is 10.2 Å². The zero-order chi connectivity index (χ0) is 8.20. The van der Waals surface area contributed by atoms with E-state index in [-0.39, 0.29) is 5.96 Å². The molecule has 10 heavy (non-hydrogen) atoms. The molecule has 2 N–H and O–H groups in total. The molecule has 0 fully saturated rings. The molecule has 0 spiro atoms. The summed E-state index contributed by atoms with van der Waals surface area (Å²) in [5, 5.41) is 4.93. The molecule has 0 heterocycles. The Morgan fingerprint density at radius 3 is 1.90 bits per heavy atom. The molecule has 0 amide bonds. The highest BCUT2D eigenvalue weighted by atomic mass is 32.2. The first-order valence-corrected chi connectivity index (χ1v) is 5.23. The maximum Gasteiger partial charge on any atom is 0.253 e. The molecule has 5 nitrogen and oxygen atoms in total. The van der Waals surface area contributed by atoms with Gasteiger partial charge in [0.15, 0.2) is 0 Å². The number of rotatable bonds is 1. The van der Waals surface area contributed by atoms with Crippen molar-refractivity contribution < 1.29 is 8.42 Å². The Balaban J connectivity index is 4.42. The first-order chi connectivity index (χ1) is 4.49. The van der Waals surface area contributed by atoms with Gasteiger partial charge in [-0.1, -0.05) is 0 Å². The predicted octanol–water partition coefficient (Wildman–Crippen LogP) is -0.939. The second kappa shape index (κ2) is 4.06. The average Bonchev–Trinajstić information content (AvgIpc) is 1.81. The van der Waals surface area contributed by atoms with E-state index in [4.69, 9.17) is 0 Å². The fourth-order valence-corrected chi connectivity index (χ4v) is 1.35. The molecule has 0 saturated heterocycles. The van der Waals surface area contributed by atoms with Crippen LogP contribution in [0, 0.1) is 0 Å².